The Morgan fingerprint density at radius 1 is 1.27 bits per heavy atom. The van der Waals surface area contributed by atoms with E-state index in [2.05, 4.69) is 10.6 Å². The molecule has 6 nitrogen and oxygen atoms in total. The van der Waals surface area contributed by atoms with Crippen molar-refractivity contribution in [2.45, 2.75) is 30.0 Å². The highest BCUT2D eigenvalue weighted by molar-refractivity contribution is 8.00. The zero-order valence-corrected chi connectivity index (χ0v) is 12.9. The molecule has 0 aliphatic heterocycles. The number of carbonyl (C=O) groups excluding carboxylic acids is 2. The quantitative estimate of drug-likeness (QED) is 0.662. The average molecular weight is 328 g/mol. The molecule has 0 radical (unpaired) electrons. The van der Waals surface area contributed by atoms with Crippen LogP contribution in [0.1, 0.15) is 13.8 Å². The first-order chi connectivity index (χ1) is 10.3. The van der Waals surface area contributed by atoms with E-state index in [1.165, 1.54) is 18.7 Å². The second kappa shape index (κ2) is 8.38. The summed E-state index contributed by atoms with van der Waals surface area (Å²) in [5.41, 5.74) is 0.636. The van der Waals surface area contributed by atoms with Gasteiger partial charge in [-0.3, -0.25) is 9.59 Å². The standard InChI is InChI=1S/C14H17FN2O4S/c1-8(13(19)17-12(7-15)14(20)21)22-11-5-3-10(4-6-11)16-9(2)18/h3-6,8,12H,7H2,1-2H3,(H,16,18)(H,17,19)(H,20,21). The lowest BCUT2D eigenvalue weighted by Crippen LogP contribution is -2.45. The van der Waals surface area contributed by atoms with Crippen LogP contribution in [0.2, 0.25) is 0 Å². The highest BCUT2D eigenvalue weighted by Gasteiger charge is 2.23. The number of carbonyl (C=O) groups is 3. The zero-order valence-electron chi connectivity index (χ0n) is 12.1. The van der Waals surface area contributed by atoms with Gasteiger partial charge in [0, 0.05) is 17.5 Å². The topological polar surface area (TPSA) is 95.5 Å². The van der Waals surface area contributed by atoms with Crippen molar-refractivity contribution in [1.82, 2.24) is 5.32 Å². The molecule has 2 atom stereocenters. The highest BCUT2D eigenvalue weighted by Crippen LogP contribution is 2.24. The maximum absolute atomic E-state index is 12.5. The summed E-state index contributed by atoms with van der Waals surface area (Å²) in [5, 5.41) is 12.9. The van der Waals surface area contributed by atoms with Gasteiger partial charge in [0.05, 0.1) is 5.25 Å². The maximum Gasteiger partial charge on any atom is 0.328 e. The molecule has 2 unspecified atom stereocenters. The Hall–Kier alpha value is -2.09. The van der Waals surface area contributed by atoms with E-state index in [1.54, 1.807) is 31.2 Å². The van der Waals surface area contributed by atoms with Crippen LogP contribution in [0.4, 0.5) is 10.1 Å². The molecule has 0 spiro atoms. The monoisotopic (exact) mass is 328 g/mol. The summed E-state index contributed by atoms with van der Waals surface area (Å²) in [6, 6.07) is 5.30. The Labute approximate surface area is 131 Å². The molecule has 8 heteroatoms. The van der Waals surface area contributed by atoms with Gasteiger partial charge in [0.2, 0.25) is 11.8 Å². The van der Waals surface area contributed by atoms with E-state index in [1.807, 2.05) is 0 Å². The van der Waals surface area contributed by atoms with Crippen molar-refractivity contribution in [1.29, 1.82) is 0 Å². The molecule has 0 fully saturated rings. The second-order valence-electron chi connectivity index (χ2n) is 4.52. The van der Waals surface area contributed by atoms with E-state index in [0.717, 1.165) is 4.90 Å². The van der Waals surface area contributed by atoms with Crippen molar-refractivity contribution >= 4 is 35.2 Å². The highest BCUT2D eigenvalue weighted by atomic mass is 32.2. The normalized spacial score (nSPS) is 13.0. The minimum absolute atomic E-state index is 0.181. The Morgan fingerprint density at radius 2 is 1.86 bits per heavy atom. The second-order valence-corrected chi connectivity index (χ2v) is 5.93. The summed E-state index contributed by atoms with van der Waals surface area (Å²) in [6.45, 7) is 1.83. The molecule has 1 aromatic carbocycles. The van der Waals surface area contributed by atoms with Crippen molar-refractivity contribution in [2.75, 3.05) is 12.0 Å². The van der Waals surface area contributed by atoms with Crippen LogP contribution in [0.25, 0.3) is 0 Å². The fourth-order valence-electron chi connectivity index (χ4n) is 1.53. The summed E-state index contributed by atoms with van der Waals surface area (Å²) in [6.07, 6.45) is 0. The number of nitrogens with one attached hydrogen (secondary N) is 2. The third kappa shape index (κ3) is 5.72. The van der Waals surface area contributed by atoms with Crippen molar-refractivity contribution in [2.24, 2.45) is 0 Å². The number of alkyl halides is 1. The average Bonchev–Trinajstić information content (AvgIpc) is 2.45. The molecular formula is C14H17FN2O4S. The maximum atomic E-state index is 12.5. The molecule has 0 aliphatic carbocycles. The number of anilines is 1. The molecule has 0 bridgehead atoms. The SMILES string of the molecule is CC(=O)Nc1ccc(SC(C)C(=O)NC(CF)C(=O)O)cc1. The minimum Gasteiger partial charge on any atom is -0.480 e. The third-order valence-electron chi connectivity index (χ3n) is 2.63. The number of rotatable bonds is 7. The number of halogens is 1. The summed E-state index contributed by atoms with van der Waals surface area (Å²) in [5.74, 6) is -2.15. The number of carboxylic acids is 1. The summed E-state index contributed by atoms with van der Waals surface area (Å²) >= 11 is 1.20. The number of thioether (sulfide) groups is 1. The third-order valence-corrected chi connectivity index (χ3v) is 3.74. The van der Waals surface area contributed by atoms with Gasteiger partial charge in [-0.2, -0.15) is 0 Å². The van der Waals surface area contributed by atoms with Gasteiger partial charge in [0.25, 0.3) is 0 Å². The fourth-order valence-corrected chi connectivity index (χ4v) is 2.41. The lowest BCUT2D eigenvalue weighted by molar-refractivity contribution is -0.142. The largest absolute Gasteiger partial charge is 0.480 e. The Morgan fingerprint density at radius 3 is 2.32 bits per heavy atom. The predicted molar refractivity (Wildman–Crippen MR) is 81.6 cm³/mol. The van der Waals surface area contributed by atoms with Gasteiger partial charge in [-0.1, -0.05) is 0 Å². The van der Waals surface area contributed by atoms with E-state index in [9.17, 15) is 18.8 Å². The van der Waals surface area contributed by atoms with E-state index in [0.29, 0.717) is 5.69 Å². The minimum atomic E-state index is -1.53. The van der Waals surface area contributed by atoms with Gasteiger partial charge in [-0.15, -0.1) is 11.8 Å². The number of carboxylic acid groups (broad SMARTS) is 1. The molecule has 1 rings (SSSR count). The Balaban J connectivity index is 2.60. The number of amides is 2. The first-order valence-electron chi connectivity index (χ1n) is 6.47. The molecule has 0 saturated carbocycles. The molecule has 2 amide bonds. The first-order valence-corrected chi connectivity index (χ1v) is 7.35. The molecule has 120 valence electrons. The molecule has 0 saturated heterocycles. The van der Waals surface area contributed by atoms with Crippen LogP contribution in [0, 0.1) is 0 Å². The van der Waals surface area contributed by atoms with Crippen LogP contribution in [-0.4, -0.2) is 40.9 Å². The molecule has 22 heavy (non-hydrogen) atoms. The van der Waals surface area contributed by atoms with Gasteiger partial charge in [-0.25, -0.2) is 9.18 Å². The van der Waals surface area contributed by atoms with Gasteiger partial charge < -0.3 is 15.7 Å². The fraction of sp³-hybridized carbons (Fsp3) is 0.357. The summed E-state index contributed by atoms with van der Waals surface area (Å²) in [4.78, 5) is 34.2. The van der Waals surface area contributed by atoms with Gasteiger partial charge in [-0.05, 0) is 31.2 Å². The molecule has 1 aromatic rings. The Kier molecular flexibility index (Phi) is 6.84. The molecular weight excluding hydrogens is 311 g/mol. The van der Waals surface area contributed by atoms with Crippen LogP contribution in [0.5, 0.6) is 0 Å². The predicted octanol–water partition coefficient (Wildman–Crippen LogP) is 1.66. The van der Waals surface area contributed by atoms with Crippen molar-refractivity contribution in [3.8, 4) is 0 Å². The van der Waals surface area contributed by atoms with E-state index in [4.69, 9.17) is 5.11 Å². The van der Waals surface area contributed by atoms with Crippen molar-refractivity contribution < 1.29 is 23.9 Å². The molecule has 0 heterocycles. The van der Waals surface area contributed by atoms with Crippen molar-refractivity contribution in [3.05, 3.63) is 24.3 Å². The number of hydrogen-bond acceptors (Lipinski definition) is 4. The van der Waals surface area contributed by atoms with Crippen LogP contribution in [-0.2, 0) is 14.4 Å². The van der Waals surface area contributed by atoms with E-state index in [-0.39, 0.29) is 5.91 Å². The zero-order chi connectivity index (χ0) is 16.7. The van der Waals surface area contributed by atoms with Gasteiger partial charge in [0.1, 0.15) is 6.67 Å². The van der Waals surface area contributed by atoms with E-state index < -0.39 is 29.8 Å². The van der Waals surface area contributed by atoms with Gasteiger partial charge in [0.15, 0.2) is 6.04 Å². The first kappa shape index (κ1) is 18.0. The smallest absolute Gasteiger partial charge is 0.328 e. The molecule has 3 N–H and O–H groups in total. The number of hydrogen-bond donors (Lipinski definition) is 3. The van der Waals surface area contributed by atoms with Crippen molar-refractivity contribution in [3.63, 3.8) is 0 Å². The molecule has 0 aromatic heterocycles. The molecule has 0 aliphatic rings. The van der Waals surface area contributed by atoms with Gasteiger partial charge >= 0.3 is 5.97 Å². The number of benzene rings is 1. The Bertz CT molecular complexity index is 550. The lowest BCUT2D eigenvalue weighted by Gasteiger charge is -2.15. The summed E-state index contributed by atoms with van der Waals surface area (Å²) < 4.78 is 12.5. The van der Waals surface area contributed by atoms with Crippen LogP contribution in [0.15, 0.2) is 29.2 Å². The number of aliphatic carboxylic acids is 1. The van der Waals surface area contributed by atoms with Crippen LogP contribution in [0.3, 0.4) is 0 Å². The summed E-state index contributed by atoms with van der Waals surface area (Å²) in [7, 11) is 0. The van der Waals surface area contributed by atoms with Crippen LogP contribution < -0.4 is 10.6 Å². The van der Waals surface area contributed by atoms with Crippen LogP contribution >= 0.6 is 11.8 Å². The lowest BCUT2D eigenvalue weighted by atomic mass is 10.3. The van der Waals surface area contributed by atoms with E-state index >= 15 is 0 Å².